The average molecular weight is 487 g/mol. The third-order valence-corrected chi connectivity index (χ3v) is 4.48. The van der Waals surface area contributed by atoms with Gasteiger partial charge in [0.1, 0.15) is 11.3 Å². The van der Waals surface area contributed by atoms with Crippen molar-refractivity contribution in [3.63, 3.8) is 0 Å². The summed E-state index contributed by atoms with van der Waals surface area (Å²) in [7, 11) is 4.65. The summed E-state index contributed by atoms with van der Waals surface area (Å²) in [6.45, 7) is 1.41. The Morgan fingerprint density at radius 2 is 2.04 bits per heavy atom. The standard InChI is InChI=1S/C20H29N3O3.HI/c1-21-20(22-12-11-15-7-5-4-6-8-15)23-14-16-9-10-18(25-2)17(13-16)19(24)26-3;/h7,9-10,13H,4-6,8,11-12,14H2,1-3H3,(H2,21,22,23);1H. The number of halogens is 1. The van der Waals surface area contributed by atoms with Crippen LogP contribution in [-0.4, -0.2) is 39.7 Å². The van der Waals surface area contributed by atoms with Gasteiger partial charge in [0.15, 0.2) is 5.96 Å². The van der Waals surface area contributed by atoms with Crippen molar-refractivity contribution in [3.8, 4) is 5.75 Å². The zero-order valence-corrected chi connectivity index (χ0v) is 18.7. The molecular weight excluding hydrogens is 457 g/mol. The maximum Gasteiger partial charge on any atom is 0.341 e. The molecule has 27 heavy (non-hydrogen) atoms. The van der Waals surface area contributed by atoms with Gasteiger partial charge in [-0.2, -0.15) is 0 Å². The van der Waals surface area contributed by atoms with Crippen molar-refractivity contribution in [2.45, 2.75) is 38.6 Å². The van der Waals surface area contributed by atoms with Crippen molar-refractivity contribution in [2.75, 3.05) is 27.8 Å². The molecule has 0 aromatic heterocycles. The van der Waals surface area contributed by atoms with Crippen LogP contribution >= 0.6 is 24.0 Å². The number of allylic oxidation sites excluding steroid dienone is 1. The Morgan fingerprint density at radius 3 is 2.67 bits per heavy atom. The van der Waals surface area contributed by atoms with E-state index >= 15 is 0 Å². The van der Waals surface area contributed by atoms with E-state index < -0.39 is 5.97 Å². The largest absolute Gasteiger partial charge is 0.496 e. The first-order chi connectivity index (χ1) is 12.7. The minimum atomic E-state index is -0.410. The molecule has 1 aromatic rings. The molecule has 0 saturated heterocycles. The molecule has 1 aliphatic carbocycles. The van der Waals surface area contributed by atoms with E-state index in [-0.39, 0.29) is 24.0 Å². The zero-order valence-electron chi connectivity index (χ0n) is 16.3. The summed E-state index contributed by atoms with van der Waals surface area (Å²) in [5.41, 5.74) is 2.91. The fourth-order valence-corrected chi connectivity index (χ4v) is 3.01. The van der Waals surface area contributed by atoms with Crippen LogP contribution in [0.3, 0.4) is 0 Å². The van der Waals surface area contributed by atoms with Crippen molar-refractivity contribution in [1.82, 2.24) is 10.6 Å². The molecule has 150 valence electrons. The van der Waals surface area contributed by atoms with Gasteiger partial charge in [0, 0.05) is 20.1 Å². The minimum absolute atomic E-state index is 0. The second kappa shape index (κ2) is 12.6. The fraction of sp³-hybridized carbons (Fsp3) is 0.500. The van der Waals surface area contributed by atoms with Crippen molar-refractivity contribution >= 4 is 35.9 Å². The van der Waals surface area contributed by atoms with Gasteiger partial charge in [0.2, 0.25) is 0 Å². The molecule has 2 rings (SSSR count). The molecular formula is C20H30IN3O3. The number of nitrogens with one attached hydrogen (secondary N) is 2. The number of rotatable bonds is 7. The Hall–Kier alpha value is -1.77. The minimum Gasteiger partial charge on any atom is -0.496 e. The van der Waals surface area contributed by atoms with Crippen molar-refractivity contribution in [2.24, 2.45) is 4.99 Å². The monoisotopic (exact) mass is 487 g/mol. The molecule has 7 heteroatoms. The van der Waals surface area contributed by atoms with Gasteiger partial charge in [0.25, 0.3) is 0 Å². The highest BCUT2D eigenvalue weighted by atomic mass is 127. The van der Waals surface area contributed by atoms with Crippen LogP contribution in [0.25, 0.3) is 0 Å². The maximum absolute atomic E-state index is 11.9. The topological polar surface area (TPSA) is 72.0 Å². The summed E-state index contributed by atoms with van der Waals surface area (Å²) < 4.78 is 10.0. The first kappa shape index (κ1) is 23.3. The van der Waals surface area contributed by atoms with Crippen molar-refractivity contribution in [3.05, 3.63) is 41.0 Å². The van der Waals surface area contributed by atoms with E-state index in [4.69, 9.17) is 9.47 Å². The Labute approximate surface area is 178 Å². The number of carbonyl (C=O) groups is 1. The summed E-state index contributed by atoms with van der Waals surface area (Å²) in [4.78, 5) is 16.1. The van der Waals surface area contributed by atoms with Crippen LogP contribution in [0.5, 0.6) is 5.75 Å². The highest BCUT2D eigenvalue weighted by Gasteiger charge is 2.13. The van der Waals surface area contributed by atoms with Crippen LogP contribution in [-0.2, 0) is 11.3 Å². The van der Waals surface area contributed by atoms with Gasteiger partial charge in [-0.05, 0) is 49.8 Å². The Balaban J connectivity index is 0.00000364. The van der Waals surface area contributed by atoms with Crippen molar-refractivity contribution in [1.29, 1.82) is 0 Å². The molecule has 2 N–H and O–H groups in total. The zero-order chi connectivity index (χ0) is 18.8. The van der Waals surface area contributed by atoms with E-state index in [1.54, 1.807) is 19.2 Å². The molecule has 1 aromatic carbocycles. The van der Waals surface area contributed by atoms with Gasteiger partial charge in [0.05, 0.1) is 14.2 Å². The van der Waals surface area contributed by atoms with E-state index in [1.807, 2.05) is 6.07 Å². The Morgan fingerprint density at radius 1 is 1.22 bits per heavy atom. The molecule has 0 aliphatic heterocycles. The molecule has 6 nitrogen and oxygen atoms in total. The van der Waals surface area contributed by atoms with Crippen LogP contribution in [0.2, 0.25) is 0 Å². The molecule has 0 heterocycles. The summed E-state index contributed by atoms with van der Waals surface area (Å²) in [5.74, 6) is 0.840. The number of methoxy groups -OCH3 is 2. The lowest BCUT2D eigenvalue weighted by Crippen LogP contribution is -2.37. The van der Waals surface area contributed by atoms with Gasteiger partial charge in [-0.25, -0.2) is 4.79 Å². The highest BCUT2D eigenvalue weighted by Crippen LogP contribution is 2.21. The molecule has 0 saturated carbocycles. The normalized spacial score (nSPS) is 13.9. The SMILES string of the molecule is CN=C(NCCC1=CCCCC1)NCc1ccc(OC)c(C(=O)OC)c1.I. The average Bonchev–Trinajstić information content (AvgIpc) is 2.70. The van der Waals surface area contributed by atoms with E-state index in [0.29, 0.717) is 17.9 Å². The lowest BCUT2D eigenvalue weighted by Gasteiger charge is -2.15. The second-order valence-corrected chi connectivity index (χ2v) is 6.24. The summed E-state index contributed by atoms with van der Waals surface area (Å²) >= 11 is 0. The number of esters is 1. The number of ether oxygens (including phenoxy) is 2. The number of guanidine groups is 1. The molecule has 0 radical (unpaired) electrons. The highest BCUT2D eigenvalue weighted by molar-refractivity contribution is 14.0. The number of hydrogen-bond acceptors (Lipinski definition) is 4. The fourth-order valence-electron chi connectivity index (χ4n) is 3.01. The maximum atomic E-state index is 11.9. The van der Waals surface area contributed by atoms with Crippen LogP contribution in [0.15, 0.2) is 34.8 Å². The lowest BCUT2D eigenvalue weighted by molar-refractivity contribution is 0.0597. The number of hydrogen-bond donors (Lipinski definition) is 2. The first-order valence-electron chi connectivity index (χ1n) is 9.05. The number of benzene rings is 1. The Bertz CT molecular complexity index is 674. The second-order valence-electron chi connectivity index (χ2n) is 6.24. The third kappa shape index (κ3) is 7.40. The van der Waals surface area contributed by atoms with Gasteiger partial charge >= 0.3 is 5.97 Å². The molecule has 0 atom stereocenters. The first-order valence-corrected chi connectivity index (χ1v) is 9.05. The predicted octanol–water partition coefficient (Wildman–Crippen LogP) is 3.66. The van der Waals surface area contributed by atoms with Crippen LogP contribution in [0.4, 0.5) is 0 Å². The van der Waals surface area contributed by atoms with Gasteiger partial charge in [-0.3, -0.25) is 4.99 Å². The smallest absolute Gasteiger partial charge is 0.341 e. The van der Waals surface area contributed by atoms with Crippen LogP contribution in [0.1, 0.15) is 48.0 Å². The van der Waals surface area contributed by atoms with E-state index in [1.165, 1.54) is 45.5 Å². The lowest BCUT2D eigenvalue weighted by atomic mass is 9.97. The number of nitrogens with zero attached hydrogens (tertiary/aromatic N) is 1. The quantitative estimate of drug-likeness (QED) is 0.202. The molecule has 1 aliphatic rings. The van der Waals surface area contributed by atoms with Crippen LogP contribution in [0, 0.1) is 0 Å². The molecule has 0 unspecified atom stereocenters. The van der Waals surface area contributed by atoms with Gasteiger partial charge < -0.3 is 20.1 Å². The van der Waals surface area contributed by atoms with E-state index in [0.717, 1.165) is 24.5 Å². The molecule has 0 fully saturated rings. The summed E-state index contributed by atoms with van der Waals surface area (Å²) in [6.07, 6.45) is 8.47. The van der Waals surface area contributed by atoms with Crippen LogP contribution < -0.4 is 15.4 Å². The van der Waals surface area contributed by atoms with Crippen molar-refractivity contribution < 1.29 is 14.3 Å². The summed E-state index contributed by atoms with van der Waals surface area (Å²) in [5, 5.41) is 6.61. The predicted molar refractivity (Wildman–Crippen MR) is 119 cm³/mol. The molecule has 0 bridgehead atoms. The van der Waals surface area contributed by atoms with Gasteiger partial charge in [-0.15, -0.1) is 24.0 Å². The Kier molecular flexibility index (Phi) is 10.8. The summed E-state index contributed by atoms with van der Waals surface area (Å²) in [6, 6.07) is 5.46. The molecule has 0 amide bonds. The number of aliphatic imine (C=N–C) groups is 1. The third-order valence-electron chi connectivity index (χ3n) is 4.48. The van der Waals surface area contributed by atoms with E-state index in [9.17, 15) is 4.79 Å². The van der Waals surface area contributed by atoms with E-state index in [2.05, 4.69) is 21.7 Å². The van der Waals surface area contributed by atoms with Gasteiger partial charge in [-0.1, -0.05) is 17.7 Å². The molecule has 0 spiro atoms. The number of carbonyl (C=O) groups excluding carboxylic acids is 1.